The molecule has 0 unspecified atom stereocenters. The summed E-state index contributed by atoms with van der Waals surface area (Å²) >= 11 is 0. The standard InChI is InChI=1S/C13H17BO5/c1-12(2)13(3,4)19-14(18-12)11-9(8-15)6-5-7-10(11)17-16/h5-8,16H,1-4H3. The van der Waals surface area contributed by atoms with Gasteiger partial charge < -0.3 is 14.2 Å². The van der Waals surface area contributed by atoms with Gasteiger partial charge in [0.25, 0.3) is 0 Å². The molecule has 1 aliphatic rings. The second kappa shape index (κ2) is 4.63. The fourth-order valence-electron chi connectivity index (χ4n) is 1.96. The van der Waals surface area contributed by atoms with Crippen LogP contribution < -0.4 is 10.4 Å². The van der Waals surface area contributed by atoms with Crippen molar-refractivity contribution in [2.45, 2.75) is 38.9 Å². The zero-order valence-corrected chi connectivity index (χ0v) is 11.5. The van der Waals surface area contributed by atoms with Gasteiger partial charge in [0.05, 0.1) is 11.2 Å². The Hall–Kier alpha value is -1.37. The maximum absolute atomic E-state index is 11.1. The first-order valence-corrected chi connectivity index (χ1v) is 6.07. The Morgan fingerprint density at radius 3 is 2.26 bits per heavy atom. The van der Waals surface area contributed by atoms with Gasteiger partial charge in [0.2, 0.25) is 0 Å². The van der Waals surface area contributed by atoms with Crippen LogP contribution in [-0.2, 0) is 9.31 Å². The van der Waals surface area contributed by atoms with Gasteiger partial charge >= 0.3 is 7.12 Å². The van der Waals surface area contributed by atoms with Crippen LogP contribution in [0.4, 0.5) is 0 Å². The molecule has 2 rings (SSSR count). The first-order chi connectivity index (χ1) is 8.82. The first kappa shape index (κ1) is 14.1. The Balaban J connectivity index is 2.47. The van der Waals surface area contributed by atoms with Crippen LogP contribution >= 0.6 is 0 Å². The highest BCUT2D eigenvalue weighted by Gasteiger charge is 2.53. The summed E-state index contributed by atoms with van der Waals surface area (Å²) in [5, 5.41) is 8.93. The van der Waals surface area contributed by atoms with Crippen LogP contribution in [0.2, 0.25) is 0 Å². The summed E-state index contributed by atoms with van der Waals surface area (Å²) in [6, 6.07) is 4.79. The van der Waals surface area contributed by atoms with E-state index in [1.54, 1.807) is 18.2 Å². The lowest BCUT2D eigenvalue weighted by Crippen LogP contribution is -2.41. The molecule has 0 aliphatic carbocycles. The number of aldehydes is 1. The lowest BCUT2D eigenvalue weighted by molar-refractivity contribution is -0.136. The molecule has 1 N–H and O–H groups in total. The first-order valence-electron chi connectivity index (χ1n) is 6.07. The quantitative estimate of drug-likeness (QED) is 0.389. The molecule has 102 valence electrons. The number of carbonyl (C=O) groups is 1. The largest absolute Gasteiger partial charge is 0.499 e. The summed E-state index contributed by atoms with van der Waals surface area (Å²) < 4.78 is 11.7. The van der Waals surface area contributed by atoms with E-state index in [1.807, 2.05) is 27.7 Å². The van der Waals surface area contributed by atoms with Crippen molar-refractivity contribution < 1.29 is 24.2 Å². The molecule has 5 nitrogen and oxygen atoms in total. The molecule has 6 heteroatoms. The molecule has 1 fully saturated rings. The maximum Gasteiger partial charge on any atom is 0.499 e. The number of hydrogen-bond donors (Lipinski definition) is 1. The number of benzene rings is 1. The number of hydrogen-bond acceptors (Lipinski definition) is 5. The Morgan fingerprint density at radius 2 is 1.79 bits per heavy atom. The highest BCUT2D eigenvalue weighted by molar-refractivity contribution is 6.64. The molecule has 0 bridgehead atoms. The Morgan fingerprint density at radius 1 is 1.21 bits per heavy atom. The van der Waals surface area contributed by atoms with Crippen LogP contribution in [0.25, 0.3) is 0 Å². The third-order valence-corrected chi connectivity index (χ3v) is 3.81. The Bertz CT molecular complexity index is 482. The van der Waals surface area contributed by atoms with E-state index < -0.39 is 18.3 Å². The third kappa shape index (κ3) is 2.27. The van der Waals surface area contributed by atoms with E-state index in [1.165, 1.54) is 0 Å². The predicted molar refractivity (Wildman–Crippen MR) is 70.8 cm³/mol. The van der Waals surface area contributed by atoms with E-state index in [9.17, 15) is 4.79 Å². The fourth-order valence-corrected chi connectivity index (χ4v) is 1.96. The summed E-state index contributed by atoms with van der Waals surface area (Å²) in [5.41, 5.74) is -0.287. The molecule has 1 aromatic carbocycles. The van der Waals surface area contributed by atoms with Crippen LogP contribution in [-0.4, -0.2) is 29.9 Å². The molecule has 1 aromatic rings. The summed E-state index contributed by atoms with van der Waals surface area (Å²) in [7, 11) is -0.756. The highest BCUT2D eigenvalue weighted by atomic mass is 17.1. The number of rotatable bonds is 3. The Kier molecular flexibility index (Phi) is 3.42. The summed E-state index contributed by atoms with van der Waals surface area (Å²) in [5.74, 6) is 0.156. The molecule has 0 amide bonds. The zero-order valence-electron chi connectivity index (χ0n) is 11.5. The Labute approximate surface area is 112 Å². The lowest BCUT2D eigenvalue weighted by Gasteiger charge is -2.32. The minimum absolute atomic E-state index is 0.156. The fraction of sp³-hybridized carbons (Fsp3) is 0.462. The van der Waals surface area contributed by atoms with Crippen molar-refractivity contribution in [2.75, 3.05) is 0 Å². The second-order valence-corrected chi connectivity index (χ2v) is 5.56. The van der Waals surface area contributed by atoms with Crippen molar-refractivity contribution in [1.29, 1.82) is 0 Å². The van der Waals surface area contributed by atoms with Gasteiger partial charge in [0.15, 0.2) is 5.75 Å². The molecule has 0 spiro atoms. The van der Waals surface area contributed by atoms with E-state index in [4.69, 9.17) is 14.6 Å². The van der Waals surface area contributed by atoms with Crippen molar-refractivity contribution >= 4 is 18.9 Å². The van der Waals surface area contributed by atoms with Gasteiger partial charge in [0.1, 0.15) is 6.29 Å². The minimum atomic E-state index is -0.756. The van der Waals surface area contributed by atoms with Crippen molar-refractivity contribution in [2.24, 2.45) is 0 Å². The summed E-state index contributed by atoms with van der Waals surface area (Å²) in [6.45, 7) is 7.65. The van der Waals surface area contributed by atoms with Crippen LogP contribution in [0, 0.1) is 0 Å². The SMILES string of the molecule is CC1(C)OB(c2c(C=O)cccc2OO)OC1(C)C. The normalized spacial score (nSPS) is 20.4. The van der Waals surface area contributed by atoms with Gasteiger partial charge in [-0.25, -0.2) is 5.26 Å². The monoisotopic (exact) mass is 264 g/mol. The van der Waals surface area contributed by atoms with E-state index in [0.29, 0.717) is 17.3 Å². The molecular formula is C13H17BO5. The molecule has 19 heavy (non-hydrogen) atoms. The molecule has 1 saturated heterocycles. The molecule has 0 radical (unpaired) electrons. The lowest BCUT2D eigenvalue weighted by atomic mass is 9.75. The molecule has 0 atom stereocenters. The average molecular weight is 264 g/mol. The maximum atomic E-state index is 11.1. The smallest absolute Gasteiger partial charge is 0.399 e. The third-order valence-electron chi connectivity index (χ3n) is 3.81. The molecule has 0 saturated carbocycles. The van der Waals surface area contributed by atoms with Crippen LogP contribution in [0.15, 0.2) is 18.2 Å². The van der Waals surface area contributed by atoms with Crippen LogP contribution in [0.3, 0.4) is 0 Å². The highest BCUT2D eigenvalue weighted by Crippen LogP contribution is 2.37. The zero-order chi connectivity index (χ0) is 14.3. The van der Waals surface area contributed by atoms with Gasteiger partial charge in [-0.15, -0.1) is 0 Å². The van der Waals surface area contributed by atoms with Gasteiger partial charge in [-0.05, 0) is 33.8 Å². The van der Waals surface area contributed by atoms with E-state index in [2.05, 4.69) is 4.89 Å². The number of carbonyl (C=O) groups excluding carboxylic acids is 1. The predicted octanol–water partition coefficient (Wildman–Crippen LogP) is 1.65. The van der Waals surface area contributed by atoms with Gasteiger partial charge in [-0.1, -0.05) is 12.1 Å². The van der Waals surface area contributed by atoms with Gasteiger partial charge in [0, 0.05) is 11.0 Å². The van der Waals surface area contributed by atoms with Crippen LogP contribution in [0.1, 0.15) is 38.1 Å². The second-order valence-electron chi connectivity index (χ2n) is 5.56. The molecule has 1 aliphatic heterocycles. The van der Waals surface area contributed by atoms with Crippen molar-refractivity contribution in [3.05, 3.63) is 23.8 Å². The summed E-state index contributed by atoms with van der Waals surface area (Å²) in [6.07, 6.45) is 0.683. The van der Waals surface area contributed by atoms with E-state index in [0.717, 1.165) is 0 Å². The van der Waals surface area contributed by atoms with Crippen molar-refractivity contribution in [3.63, 3.8) is 0 Å². The molecule has 1 heterocycles. The van der Waals surface area contributed by atoms with Gasteiger partial charge in [-0.3, -0.25) is 4.79 Å². The minimum Gasteiger partial charge on any atom is -0.399 e. The van der Waals surface area contributed by atoms with E-state index >= 15 is 0 Å². The van der Waals surface area contributed by atoms with Crippen LogP contribution in [0.5, 0.6) is 5.75 Å². The van der Waals surface area contributed by atoms with E-state index in [-0.39, 0.29) is 5.75 Å². The molecular weight excluding hydrogens is 247 g/mol. The van der Waals surface area contributed by atoms with Gasteiger partial charge in [-0.2, -0.15) is 0 Å². The van der Waals surface area contributed by atoms with Crippen molar-refractivity contribution in [1.82, 2.24) is 0 Å². The average Bonchev–Trinajstić information content (AvgIpc) is 2.57. The topological polar surface area (TPSA) is 65.0 Å². The molecule has 0 aromatic heterocycles. The van der Waals surface area contributed by atoms with Crippen molar-refractivity contribution in [3.8, 4) is 5.75 Å². The summed E-state index contributed by atoms with van der Waals surface area (Å²) in [4.78, 5) is 15.4.